The van der Waals surface area contributed by atoms with Crippen LogP contribution in [-0.4, -0.2) is 35.6 Å². The average molecular weight is 517 g/mol. The van der Waals surface area contributed by atoms with Crippen LogP contribution >= 0.6 is 11.6 Å². The van der Waals surface area contributed by atoms with E-state index in [-0.39, 0.29) is 44.2 Å². The third-order valence-corrected chi connectivity index (χ3v) is 7.43. The first kappa shape index (κ1) is 26.5. The number of rotatable bonds is 4. The predicted octanol–water partition coefficient (Wildman–Crippen LogP) is 6.44. The molecule has 2 aromatic rings. The van der Waals surface area contributed by atoms with Gasteiger partial charge in [-0.3, -0.25) is 4.79 Å². The molecular formula is C26H36ClN2OY+. The average Bonchev–Trinajstić information content (AvgIpc) is 3.15. The Balaban J connectivity index is 0.000000364. The summed E-state index contributed by atoms with van der Waals surface area (Å²) in [5.74, 6) is 0.223. The Morgan fingerprint density at radius 3 is 1.94 bits per heavy atom. The van der Waals surface area contributed by atoms with Gasteiger partial charge >= 0.3 is 0 Å². The summed E-state index contributed by atoms with van der Waals surface area (Å²) < 4.78 is 0.991. The number of halogens is 1. The Bertz CT molecular complexity index is 851. The molecule has 165 valence electrons. The van der Waals surface area contributed by atoms with Crippen LogP contribution < -0.4 is 5.32 Å². The maximum atomic E-state index is 13.3. The van der Waals surface area contributed by atoms with Gasteiger partial charge in [-0.1, -0.05) is 47.5 Å². The van der Waals surface area contributed by atoms with Crippen LogP contribution in [0.4, 0.5) is 5.69 Å². The smallest absolute Gasteiger partial charge is 0.285 e. The second kappa shape index (κ2) is 11.4. The molecule has 5 heteroatoms. The zero-order valence-corrected chi connectivity index (χ0v) is 23.1. The van der Waals surface area contributed by atoms with Crippen molar-refractivity contribution in [3.8, 4) is 0 Å². The minimum absolute atomic E-state index is 0. The summed E-state index contributed by atoms with van der Waals surface area (Å²) in [5.41, 5.74) is 4.15. The molecule has 1 aliphatic heterocycles. The molecule has 0 bridgehead atoms. The number of carbonyl (C=O) groups excluding carboxylic acids is 1. The van der Waals surface area contributed by atoms with Crippen molar-refractivity contribution in [2.45, 2.75) is 65.3 Å². The van der Waals surface area contributed by atoms with E-state index in [4.69, 9.17) is 11.6 Å². The van der Waals surface area contributed by atoms with Gasteiger partial charge < -0.3 is 9.80 Å². The fourth-order valence-corrected chi connectivity index (χ4v) is 5.62. The molecule has 1 radical (unpaired) electrons. The van der Waals surface area contributed by atoms with Gasteiger partial charge in [0.05, 0.1) is 19.6 Å². The van der Waals surface area contributed by atoms with E-state index >= 15 is 0 Å². The number of benzene rings is 2. The summed E-state index contributed by atoms with van der Waals surface area (Å²) in [6, 6.07) is 14.1. The van der Waals surface area contributed by atoms with Gasteiger partial charge in [0, 0.05) is 69.1 Å². The van der Waals surface area contributed by atoms with E-state index in [9.17, 15) is 4.79 Å². The second-order valence-electron chi connectivity index (χ2n) is 9.02. The van der Waals surface area contributed by atoms with Gasteiger partial charge in [-0.25, -0.2) is 0 Å². The van der Waals surface area contributed by atoms with Gasteiger partial charge in [-0.2, -0.15) is 0 Å². The van der Waals surface area contributed by atoms with Gasteiger partial charge in [-0.15, -0.1) is 0 Å². The van der Waals surface area contributed by atoms with Crippen LogP contribution in [0.15, 0.2) is 42.5 Å². The summed E-state index contributed by atoms with van der Waals surface area (Å²) in [6.07, 6.45) is 5.73. The van der Waals surface area contributed by atoms with E-state index in [0.717, 1.165) is 58.8 Å². The van der Waals surface area contributed by atoms with Gasteiger partial charge in [0.1, 0.15) is 0 Å². The number of anilines is 1. The number of nitrogens with one attached hydrogen (secondary N) is 1. The topological polar surface area (TPSA) is 29.1 Å². The Hall–Kier alpha value is -0.736. The number of likely N-dealkylation sites (tertiary alicyclic amines) is 1. The quantitative estimate of drug-likeness (QED) is 0.465. The summed E-state index contributed by atoms with van der Waals surface area (Å²) in [7, 11) is 0. The van der Waals surface area contributed by atoms with Crippen LogP contribution in [0.5, 0.6) is 0 Å². The summed E-state index contributed by atoms with van der Waals surface area (Å²) in [6.45, 7) is 11.7. The van der Waals surface area contributed by atoms with Crippen LogP contribution in [0.3, 0.4) is 0 Å². The zero-order chi connectivity index (χ0) is 21.8. The maximum absolute atomic E-state index is 13.3. The fourth-order valence-electron chi connectivity index (χ4n) is 5.29. The van der Waals surface area contributed by atoms with Crippen LogP contribution in [0.25, 0.3) is 0 Å². The van der Waals surface area contributed by atoms with E-state index in [1.165, 1.54) is 24.8 Å². The van der Waals surface area contributed by atoms with Gasteiger partial charge in [0.25, 0.3) is 5.91 Å². The van der Waals surface area contributed by atoms with Crippen molar-refractivity contribution in [2.75, 3.05) is 25.0 Å². The number of hydrogen-bond acceptors (Lipinski definition) is 1. The molecule has 1 saturated heterocycles. The third-order valence-electron chi connectivity index (χ3n) is 7.22. The van der Waals surface area contributed by atoms with Crippen molar-refractivity contribution in [1.29, 1.82) is 0 Å². The van der Waals surface area contributed by atoms with Gasteiger partial charge in [0.2, 0.25) is 0 Å². The standard InChI is InChI=1S/C19H27ClN2O.C7H8.Y/c1-4-22(10-5-6-11-22)19(8-7-9-19)18(23)21-17-14(2)12-16(20)13-15(17)3;1-7-5-3-2-4-6-7;/h12-13H,4-11H2,1-3H3;2-6H,1H3;/p+1. The maximum Gasteiger partial charge on any atom is 0.285 e. The van der Waals surface area contributed by atoms with Crippen molar-refractivity contribution >= 4 is 23.2 Å². The molecule has 31 heavy (non-hydrogen) atoms. The molecule has 1 amide bonds. The van der Waals surface area contributed by atoms with Gasteiger partial charge in [-0.05, 0) is 57.4 Å². The number of likely N-dealkylation sites (N-methyl/N-ethyl adjacent to an activating group) is 1. The van der Waals surface area contributed by atoms with Crippen LogP contribution in [-0.2, 0) is 37.5 Å². The number of hydrogen-bond donors (Lipinski definition) is 1. The first-order chi connectivity index (χ1) is 14.3. The van der Waals surface area contributed by atoms with Crippen molar-refractivity contribution in [2.24, 2.45) is 0 Å². The Kier molecular flexibility index (Phi) is 9.76. The number of aryl methyl sites for hydroxylation is 3. The van der Waals surface area contributed by atoms with Crippen molar-refractivity contribution < 1.29 is 42.0 Å². The molecule has 4 rings (SSSR count). The van der Waals surface area contributed by atoms with Crippen molar-refractivity contribution in [3.63, 3.8) is 0 Å². The first-order valence-corrected chi connectivity index (χ1v) is 11.7. The molecule has 1 heterocycles. The number of quaternary nitrogens is 1. The summed E-state index contributed by atoms with van der Waals surface area (Å²) in [4.78, 5) is 13.3. The third kappa shape index (κ3) is 5.61. The first-order valence-electron chi connectivity index (χ1n) is 11.3. The predicted molar refractivity (Wildman–Crippen MR) is 127 cm³/mol. The molecule has 0 atom stereocenters. The van der Waals surface area contributed by atoms with Gasteiger partial charge in [0.15, 0.2) is 5.54 Å². The van der Waals surface area contributed by atoms with Crippen LogP contribution in [0.2, 0.25) is 5.02 Å². The van der Waals surface area contributed by atoms with Crippen LogP contribution in [0.1, 0.15) is 55.7 Å². The Morgan fingerprint density at radius 2 is 1.55 bits per heavy atom. The van der Waals surface area contributed by atoms with E-state index < -0.39 is 0 Å². The van der Waals surface area contributed by atoms with E-state index in [1.807, 2.05) is 44.2 Å². The number of nitrogens with zero attached hydrogens (tertiary/aromatic N) is 1. The number of amides is 1. The molecule has 0 spiro atoms. The molecule has 2 aliphatic rings. The molecular weight excluding hydrogens is 481 g/mol. The Labute approximate surface area is 218 Å². The van der Waals surface area contributed by atoms with Crippen molar-refractivity contribution in [1.82, 2.24) is 0 Å². The second-order valence-corrected chi connectivity index (χ2v) is 9.46. The zero-order valence-electron chi connectivity index (χ0n) is 19.5. The molecule has 2 fully saturated rings. The molecule has 1 aliphatic carbocycles. The van der Waals surface area contributed by atoms with Crippen LogP contribution in [0, 0.1) is 20.8 Å². The van der Waals surface area contributed by atoms with E-state index in [1.54, 1.807) is 0 Å². The molecule has 0 unspecified atom stereocenters. The molecule has 1 N–H and O–H groups in total. The Morgan fingerprint density at radius 1 is 1.00 bits per heavy atom. The SMILES string of the molecule is CC[N+]1(C2(C(=O)Nc3c(C)cc(Cl)cc3C)CCC2)CCCC1.Cc1ccccc1.[Y]. The largest absolute Gasteiger partial charge is 0.320 e. The molecule has 1 saturated carbocycles. The fraction of sp³-hybridized carbons (Fsp3) is 0.500. The molecule has 2 aromatic carbocycles. The molecule has 3 nitrogen and oxygen atoms in total. The normalized spacial score (nSPS) is 18.1. The summed E-state index contributed by atoms with van der Waals surface area (Å²) >= 11 is 6.12. The minimum atomic E-state index is -0.205. The molecule has 0 aromatic heterocycles. The van der Waals surface area contributed by atoms with Crippen molar-refractivity contribution in [3.05, 3.63) is 64.2 Å². The monoisotopic (exact) mass is 516 g/mol. The van der Waals surface area contributed by atoms with E-state index in [0.29, 0.717) is 0 Å². The minimum Gasteiger partial charge on any atom is -0.320 e. The number of carbonyl (C=O) groups is 1. The van der Waals surface area contributed by atoms with E-state index in [2.05, 4.69) is 31.3 Å². The summed E-state index contributed by atoms with van der Waals surface area (Å²) in [5, 5.41) is 4.00.